The number of hydrogen-bond acceptors (Lipinski definition) is 4. The van der Waals surface area contributed by atoms with E-state index in [1.807, 2.05) is 24.3 Å². The fourth-order valence-corrected chi connectivity index (χ4v) is 5.83. The van der Waals surface area contributed by atoms with Crippen molar-refractivity contribution in [3.05, 3.63) is 93.4 Å². The molecule has 3 aromatic carbocycles. The zero-order valence-corrected chi connectivity index (χ0v) is 23.3. The van der Waals surface area contributed by atoms with E-state index in [4.69, 9.17) is 11.6 Å². The van der Waals surface area contributed by atoms with Gasteiger partial charge in [-0.1, -0.05) is 63.9 Å². The van der Waals surface area contributed by atoms with Crippen LogP contribution in [0.4, 0.5) is 5.69 Å². The molecule has 0 heterocycles. The smallest absolute Gasteiger partial charge is 0.264 e. The lowest BCUT2D eigenvalue weighted by atomic mass is 10.1. The summed E-state index contributed by atoms with van der Waals surface area (Å²) in [6.45, 7) is 2.89. The molecule has 1 atom stereocenters. The van der Waals surface area contributed by atoms with Crippen molar-refractivity contribution < 1.29 is 18.0 Å². The van der Waals surface area contributed by atoms with Crippen LogP contribution in [0.2, 0.25) is 5.02 Å². The molecule has 3 aromatic rings. The second-order valence-electron chi connectivity index (χ2n) is 8.15. The van der Waals surface area contributed by atoms with Gasteiger partial charge < -0.3 is 10.2 Å². The molecule has 0 bridgehead atoms. The number of anilines is 1. The molecule has 0 saturated carbocycles. The van der Waals surface area contributed by atoms with Crippen molar-refractivity contribution in [2.75, 3.05) is 17.9 Å². The third-order valence-electron chi connectivity index (χ3n) is 5.77. The molecule has 0 saturated heterocycles. The Labute approximate surface area is 225 Å². The van der Waals surface area contributed by atoms with Gasteiger partial charge in [-0.2, -0.15) is 0 Å². The number of likely N-dealkylation sites (N-methyl/N-ethyl adjacent to an activating group) is 1. The fraction of sp³-hybridized carbons (Fsp3) is 0.231. The van der Waals surface area contributed by atoms with Crippen LogP contribution in [-0.2, 0) is 26.2 Å². The SMILES string of the molecule is CNC(=O)[C@@H](C)N(Cc1cccc(Br)c1)C(=O)CN(c1cccc(Cl)c1C)S(=O)(=O)c1ccccc1. The molecule has 10 heteroatoms. The van der Waals surface area contributed by atoms with Crippen LogP contribution in [-0.4, -0.2) is 44.8 Å². The minimum Gasteiger partial charge on any atom is -0.357 e. The number of nitrogens with one attached hydrogen (secondary N) is 1. The summed E-state index contributed by atoms with van der Waals surface area (Å²) in [4.78, 5) is 27.7. The van der Waals surface area contributed by atoms with Gasteiger partial charge in [-0.15, -0.1) is 0 Å². The highest BCUT2D eigenvalue weighted by Gasteiger charge is 2.33. The molecule has 0 aromatic heterocycles. The van der Waals surface area contributed by atoms with E-state index in [9.17, 15) is 18.0 Å². The van der Waals surface area contributed by atoms with E-state index < -0.39 is 28.5 Å². The number of nitrogens with zero attached hydrogens (tertiary/aromatic N) is 2. The molecule has 2 amide bonds. The van der Waals surface area contributed by atoms with Gasteiger partial charge in [0.15, 0.2) is 0 Å². The first-order chi connectivity index (χ1) is 17.1. The van der Waals surface area contributed by atoms with Crippen molar-refractivity contribution in [1.29, 1.82) is 0 Å². The number of sulfonamides is 1. The van der Waals surface area contributed by atoms with Crippen molar-refractivity contribution in [2.45, 2.75) is 31.3 Å². The van der Waals surface area contributed by atoms with E-state index >= 15 is 0 Å². The lowest BCUT2D eigenvalue weighted by Crippen LogP contribution is -2.50. The number of halogens is 2. The number of benzene rings is 3. The largest absolute Gasteiger partial charge is 0.357 e. The lowest BCUT2D eigenvalue weighted by molar-refractivity contribution is -0.139. The molecule has 0 aliphatic heterocycles. The van der Waals surface area contributed by atoms with Gasteiger partial charge in [0.05, 0.1) is 10.6 Å². The lowest BCUT2D eigenvalue weighted by Gasteiger charge is -2.32. The zero-order valence-electron chi connectivity index (χ0n) is 20.1. The summed E-state index contributed by atoms with van der Waals surface area (Å²) < 4.78 is 29.4. The van der Waals surface area contributed by atoms with E-state index in [-0.39, 0.29) is 23.0 Å². The number of rotatable bonds is 9. The van der Waals surface area contributed by atoms with Crippen molar-refractivity contribution >= 4 is 55.1 Å². The number of carbonyl (C=O) groups is 2. The minimum absolute atomic E-state index is 0.0371. The summed E-state index contributed by atoms with van der Waals surface area (Å²) >= 11 is 9.74. The summed E-state index contributed by atoms with van der Waals surface area (Å²) in [6, 6.07) is 19.3. The van der Waals surface area contributed by atoms with Crippen LogP contribution in [0.15, 0.2) is 82.2 Å². The van der Waals surface area contributed by atoms with E-state index in [0.717, 1.165) is 14.3 Å². The van der Waals surface area contributed by atoms with E-state index in [2.05, 4.69) is 21.2 Å². The second kappa shape index (κ2) is 11.9. The quantitative estimate of drug-likeness (QED) is 0.388. The molecule has 1 N–H and O–H groups in total. The molecular weight excluding hydrogens is 566 g/mol. The first-order valence-electron chi connectivity index (χ1n) is 11.1. The van der Waals surface area contributed by atoms with Crippen LogP contribution >= 0.6 is 27.5 Å². The predicted octanol–water partition coefficient (Wildman–Crippen LogP) is 4.77. The number of amides is 2. The van der Waals surface area contributed by atoms with Gasteiger partial charge in [-0.25, -0.2) is 8.42 Å². The number of hydrogen-bond donors (Lipinski definition) is 1. The Balaban J connectivity index is 2.07. The second-order valence-corrected chi connectivity index (χ2v) is 11.3. The molecule has 0 unspecified atom stereocenters. The van der Waals surface area contributed by atoms with E-state index in [0.29, 0.717) is 10.6 Å². The topological polar surface area (TPSA) is 86.8 Å². The third-order valence-corrected chi connectivity index (χ3v) is 8.45. The van der Waals surface area contributed by atoms with Gasteiger partial charge in [0, 0.05) is 23.1 Å². The summed E-state index contributed by atoms with van der Waals surface area (Å²) in [7, 11) is -2.65. The predicted molar refractivity (Wildman–Crippen MR) is 145 cm³/mol. The van der Waals surface area contributed by atoms with Crippen LogP contribution in [0.5, 0.6) is 0 Å². The molecule has 0 spiro atoms. The number of carbonyl (C=O) groups excluding carboxylic acids is 2. The van der Waals surface area contributed by atoms with Crippen LogP contribution in [0.25, 0.3) is 0 Å². The van der Waals surface area contributed by atoms with Gasteiger partial charge in [0.25, 0.3) is 10.0 Å². The average molecular weight is 593 g/mol. The van der Waals surface area contributed by atoms with Gasteiger partial charge in [0.1, 0.15) is 12.6 Å². The standard InChI is InChI=1S/C26H27BrClN3O4S/c1-18-23(28)13-8-14-24(18)31(36(34,35)22-11-5-4-6-12-22)17-25(32)30(19(2)26(33)29-3)16-20-9-7-10-21(27)15-20/h4-15,19H,16-17H2,1-3H3,(H,29,33)/t19-/m1/s1. The fourth-order valence-electron chi connectivity index (χ4n) is 3.72. The van der Waals surface area contributed by atoms with Crippen molar-refractivity contribution in [1.82, 2.24) is 10.2 Å². The highest BCUT2D eigenvalue weighted by atomic mass is 79.9. The molecule has 0 radical (unpaired) electrons. The Bertz CT molecular complexity index is 1350. The maximum Gasteiger partial charge on any atom is 0.264 e. The van der Waals surface area contributed by atoms with Crippen LogP contribution in [0.1, 0.15) is 18.1 Å². The van der Waals surface area contributed by atoms with Crippen LogP contribution in [0, 0.1) is 6.92 Å². The molecular formula is C26H27BrClN3O4S. The maximum absolute atomic E-state index is 13.7. The molecule has 0 fully saturated rings. The highest BCUT2D eigenvalue weighted by molar-refractivity contribution is 9.10. The van der Waals surface area contributed by atoms with Crippen molar-refractivity contribution in [2.24, 2.45) is 0 Å². The molecule has 0 aliphatic rings. The Hall–Kier alpha value is -2.88. The normalized spacial score (nSPS) is 12.0. The van der Waals surface area contributed by atoms with Gasteiger partial charge in [0.2, 0.25) is 11.8 Å². The molecule has 7 nitrogen and oxygen atoms in total. The Kier molecular flexibility index (Phi) is 9.16. The van der Waals surface area contributed by atoms with Crippen molar-refractivity contribution in [3.63, 3.8) is 0 Å². The van der Waals surface area contributed by atoms with Crippen LogP contribution in [0.3, 0.4) is 0 Å². The Morgan fingerprint density at radius 3 is 2.33 bits per heavy atom. The highest BCUT2D eigenvalue weighted by Crippen LogP contribution is 2.31. The van der Waals surface area contributed by atoms with Gasteiger partial charge >= 0.3 is 0 Å². The van der Waals surface area contributed by atoms with Gasteiger partial charge in [-0.3, -0.25) is 13.9 Å². The summed E-state index contributed by atoms with van der Waals surface area (Å²) in [5, 5.41) is 2.94. The Morgan fingerprint density at radius 2 is 1.69 bits per heavy atom. The molecule has 3 rings (SSSR count). The third kappa shape index (κ3) is 6.27. The zero-order chi connectivity index (χ0) is 26.5. The monoisotopic (exact) mass is 591 g/mol. The molecule has 190 valence electrons. The van der Waals surface area contributed by atoms with E-state index in [1.54, 1.807) is 50.2 Å². The van der Waals surface area contributed by atoms with Gasteiger partial charge in [-0.05, 0) is 61.4 Å². The molecule has 36 heavy (non-hydrogen) atoms. The van der Waals surface area contributed by atoms with Crippen molar-refractivity contribution in [3.8, 4) is 0 Å². The van der Waals surface area contributed by atoms with E-state index in [1.165, 1.54) is 24.1 Å². The summed E-state index contributed by atoms with van der Waals surface area (Å²) in [5.74, 6) is -0.903. The summed E-state index contributed by atoms with van der Waals surface area (Å²) in [5.41, 5.74) is 1.59. The minimum atomic E-state index is -4.13. The first kappa shape index (κ1) is 27.7. The average Bonchev–Trinajstić information content (AvgIpc) is 2.87. The summed E-state index contributed by atoms with van der Waals surface area (Å²) in [6.07, 6.45) is 0. The maximum atomic E-state index is 13.7. The Morgan fingerprint density at radius 1 is 1.03 bits per heavy atom. The molecule has 0 aliphatic carbocycles. The van der Waals surface area contributed by atoms with Crippen LogP contribution < -0.4 is 9.62 Å². The first-order valence-corrected chi connectivity index (χ1v) is 13.8.